The minimum absolute atomic E-state index is 0.176. The Bertz CT molecular complexity index is 307. The first-order valence-electron chi connectivity index (χ1n) is 5.28. The van der Waals surface area contributed by atoms with Gasteiger partial charge in [-0.05, 0) is 18.4 Å². The van der Waals surface area contributed by atoms with Gasteiger partial charge in [-0.3, -0.25) is 0 Å². The minimum atomic E-state index is 0.176. The van der Waals surface area contributed by atoms with E-state index >= 15 is 0 Å². The van der Waals surface area contributed by atoms with E-state index in [0.29, 0.717) is 5.92 Å². The van der Waals surface area contributed by atoms with Gasteiger partial charge in [0.2, 0.25) is 0 Å². The zero-order valence-electron chi connectivity index (χ0n) is 9.05. The largest absolute Gasteiger partial charge is 0.500 e. The van der Waals surface area contributed by atoms with Gasteiger partial charge in [0.05, 0.1) is 12.9 Å². The maximum absolute atomic E-state index is 5.44. The first kappa shape index (κ1) is 9.57. The van der Waals surface area contributed by atoms with Crippen molar-refractivity contribution < 1.29 is 4.74 Å². The zero-order chi connectivity index (χ0) is 10.2. The minimum Gasteiger partial charge on any atom is -0.500 e. The van der Waals surface area contributed by atoms with Gasteiger partial charge < -0.3 is 4.74 Å². The van der Waals surface area contributed by atoms with E-state index in [1.807, 2.05) is 6.26 Å². The Balaban J connectivity index is 2.26. The molecule has 0 bridgehead atoms. The summed E-state index contributed by atoms with van der Waals surface area (Å²) in [6.45, 7) is 9.44. The Morgan fingerprint density at radius 1 is 1.50 bits per heavy atom. The predicted octanol–water partition coefficient (Wildman–Crippen LogP) is 3.45. The Kier molecular flexibility index (Phi) is 2.26. The smallest absolute Gasteiger partial charge is 0.0962 e. The van der Waals surface area contributed by atoms with Crippen molar-refractivity contribution in [2.45, 2.75) is 26.7 Å². The maximum Gasteiger partial charge on any atom is 0.0962 e. The molecule has 0 N–H and O–H groups in total. The van der Waals surface area contributed by atoms with E-state index in [-0.39, 0.29) is 5.41 Å². The maximum atomic E-state index is 5.44. The fraction of sp³-hybridized carbons (Fsp3) is 0.538. The van der Waals surface area contributed by atoms with E-state index in [1.54, 1.807) is 0 Å². The normalized spacial score (nSPS) is 30.0. The number of hydrogen-bond acceptors (Lipinski definition) is 1. The van der Waals surface area contributed by atoms with Gasteiger partial charge >= 0.3 is 0 Å². The van der Waals surface area contributed by atoms with Crippen molar-refractivity contribution >= 4 is 0 Å². The van der Waals surface area contributed by atoms with Crippen molar-refractivity contribution in [2.24, 2.45) is 11.3 Å². The molecule has 1 atom stereocenters. The highest BCUT2D eigenvalue weighted by atomic mass is 16.5. The number of ether oxygens (including phenoxy) is 1. The molecule has 1 heteroatoms. The highest BCUT2D eigenvalue weighted by molar-refractivity contribution is 5.32. The Hall–Kier alpha value is -0.980. The molecule has 0 saturated carbocycles. The second kappa shape index (κ2) is 3.30. The molecule has 0 radical (unpaired) electrons. The lowest BCUT2D eigenvalue weighted by atomic mass is 9.74. The third-order valence-corrected chi connectivity index (χ3v) is 3.17. The summed E-state index contributed by atoms with van der Waals surface area (Å²) in [6.07, 6.45) is 8.73. The lowest BCUT2D eigenvalue weighted by Gasteiger charge is -2.28. The third kappa shape index (κ3) is 1.52. The van der Waals surface area contributed by atoms with Crippen LogP contribution in [0.1, 0.15) is 26.7 Å². The first-order valence-corrected chi connectivity index (χ1v) is 5.28. The molecular formula is C13H18O. The summed E-state index contributed by atoms with van der Waals surface area (Å²) < 4.78 is 5.44. The van der Waals surface area contributed by atoms with Gasteiger partial charge in [-0.2, -0.15) is 0 Å². The molecule has 76 valence electrons. The molecule has 0 aromatic heterocycles. The second-order valence-electron chi connectivity index (χ2n) is 4.87. The fourth-order valence-electron chi connectivity index (χ4n) is 2.19. The van der Waals surface area contributed by atoms with Crippen molar-refractivity contribution in [3.05, 3.63) is 36.1 Å². The topological polar surface area (TPSA) is 9.23 Å². The fourth-order valence-corrected chi connectivity index (χ4v) is 2.19. The van der Waals surface area contributed by atoms with Crippen LogP contribution < -0.4 is 0 Å². The molecule has 1 nitrogen and oxygen atoms in total. The monoisotopic (exact) mass is 190 g/mol. The van der Waals surface area contributed by atoms with E-state index in [0.717, 1.165) is 19.4 Å². The number of hydrogen-bond donors (Lipinski definition) is 0. The molecule has 2 rings (SSSR count). The van der Waals surface area contributed by atoms with Crippen molar-refractivity contribution in [3.8, 4) is 0 Å². The second-order valence-corrected chi connectivity index (χ2v) is 4.87. The molecule has 0 spiro atoms. The van der Waals surface area contributed by atoms with Gasteiger partial charge in [0.15, 0.2) is 0 Å². The quantitative estimate of drug-likeness (QED) is 0.575. The highest BCUT2D eigenvalue weighted by Crippen LogP contribution is 2.42. The lowest BCUT2D eigenvalue weighted by molar-refractivity contribution is 0.206. The van der Waals surface area contributed by atoms with Gasteiger partial charge in [-0.25, -0.2) is 0 Å². The van der Waals surface area contributed by atoms with Crippen LogP contribution in [0.5, 0.6) is 0 Å². The molecule has 14 heavy (non-hydrogen) atoms. The van der Waals surface area contributed by atoms with Crippen LogP contribution in [0.25, 0.3) is 0 Å². The number of rotatable bonds is 1. The van der Waals surface area contributed by atoms with Crippen molar-refractivity contribution in [1.82, 2.24) is 0 Å². The van der Waals surface area contributed by atoms with Gasteiger partial charge in [-0.1, -0.05) is 38.2 Å². The van der Waals surface area contributed by atoms with E-state index < -0.39 is 0 Å². The SMILES string of the molecule is C=C1CCC=CC1C1=COCC1(C)C. The van der Waals surface area contributed by atoms with Crippen molar-refractivity contribution in [3.63, 3.8) is 0 Å². The Labute approximate surface area is 86.2 Å². The summed E-state index contributed by atoms with van der Waals surface area (Å²) in [5.74, 6) is 0.418. The van der Waals surface area contributed by atoms with E-state index in [2.05, 4.69) is 32.6 Å². The molecular weight excluding hydrogens is 172 g/mol. The summed E-state index contributed by atoms with van der Waals surface area (Å²) in [6, 6.07) is 0. The Morgan fingerprint density at radius 3 is 2.86 bits per heavy atom. The summed E-state index contributed by atoms with van der Waals surface area (Å²) in [4.78, 5) is 0. The molecule has 0 aromatic rings. The van der Waals surface area contributed by atoms with Crippen LogP contribution in [-0.4, -0.2) is 6.61 Å². The van der Waals surface area contributed by atoms with Crippen LogP contribution >= 0.6 is 0 Å². The van der Waals surface area contributed by atoms with Crippen LogP contribution in [0.2, 0.25) is 0 Å². The molecule has 1 unspecified atom stereocenters. The van der Waals surface area contributed by atoms with Crippen LogP contribution in [0.15, 0.2) is 36.1 Å². The summed E-state index contributed by atoms with van der Waals surface area (Å²) >= 11 is 0. The van der Waals surface area contributed by atoms with E-state index in [1.165, 1.54) is 11.1 Å². The van der Waals surface area contributed by atoms with Crippen LogP contribution in [0, 0.1) is 11.3 Å². The molecule has 1 heterocycles. The third-order valence-electron chi connectivity index (χ3n) is 3.17. The lowest BCUT2D eigenvalue weighted by Crippen LogP contribution is -2.21. The molecule has 0 saturated heterocycles. The summed E-state index contributed by atoms with van der Waals surface area (Å²) in [7, 11) is 0. The van der Waals surface area contributed by atoms with E-state index in [4.69, 9.17) is 4.74 Å². The molecule has 0 fully saturated rings. The predicted molar refractivity (Wildman–Crippen MR) is 58.8 cm³/mol. The van der Waals surface area contributed by atoms with Gasteiger partial charge in [0, 0.05) is 11.3 Å². The Morgan fingerprint density at radius 2 is 2.29 bits per heavy atom. The van der Waals surface area contributed by atoms with Gasteiger partial charge in [-0.15, -0.1) is 0 Å². The molecule has 2 aliphatic rings. The van der Waals surface area contributed by atoms with E-state index in [9.17, 15) is 0 Å². The van der Waals surface area contributed by atoms with Gasteiger partial charge in [0.1, 0.15) is 0 Å². The average Bonchev–Trinajstić information content (AvgIpc) is 2.46. The molecule has 0 amide bonds. The first-order chi connectivity index (χ1) is 6.61. The van der Waals surface area contributed by atoms with Crippen molar-refractivity contribution in [2.75, 3.05) is 6.61 Å². The molecule has 1 aliphatic heterocycles. The summed E-state index contributed by atoms with van der Waals surface area (Å²) in [5, 5.41) is 0. The highest BCUT2D eigenvalue weighted by Gasteiger charge is 2.34. The van der Waals surface area contributed by atoms with Crippen LogP contribution in [0.4, 0.5) is 0 Å². The standard InChI is InChI=1S/C13H18O/c1-10-6-4-5-7-11(10)12-8-14-9-13(12,2)3/h5,7-8,11H,1,4,6,9H2,2-3H3. The number of allylic oxidation sites excluding steroid dienone is 3. The summed E-state index contributed by atoms with van der Waals surface area (Å²) in [5.41, 5.74) is 2.89. The average molecular weight is 190 g/mol. The van der Waals surface area contributed by atoms with Gasteiger partial charge in [0.25, 0.3) is 0 Å². The molecule has 0 aromatic carbocycles. The van der Waals surface area contributed by atoms with Crippen LogP contribution in [-0.2, 0) is 4.74 Å². The van der Waals surface area contributed by atoms with Crippen molar-refractivity contribution in [1.29, 1.82) is 0 Å². The zero-order valence-corrected chi connectivity index (χ0v) is 9.05. The van der Waals surface area contributed by atoms with Crippen LogP contribution in [0.3, 0.4) is 0 Å². The molecule has 1 aliphatic carbocycles.